The van der Waals surface area contributed by atoms with Crippen LogP contribution in [0.2, 0.25) is 0 Å². The predicted molar refractivity (Wildman–Crippen MR) is 81.0 cm³/mol. The quantitative estimate of drug-likeness (QED) is 0.693. The first-order valence-corrected chi connectivity index (χ1v) is 6.78. The molecule has 2 rings (SSSR count). The molecule has 5 heteroatoms. The molecule has 4 nitrogen and oxygen atoms in total. The van der Waals surface area contributed by atoms with E-state index in [0.717, 1.165) is 0 Å². The van der Waals surface area contributed by atoms with Gasteiger partial charge in [-0.25, -0.2) is 4.39 Å². The fraction of sp³-hybridized carbons (Fsp3) is 0.176. The van der Waals surface area contributed by atoms with Crippen molar-refractivity contribution in [1.82, 2.24) is 5.32 Å². The van der Waals surface area contributed by atoms with Crippen molar-refractivity contribution in [2.24, 2.45) is 0 Å². The molecule has 1 amide bonds. The molecule has 112 valence electrons. The molecule has 0 aliphatic heterocycles. The summed E-state index contributed by atoms with van der Waals surface area (Å²) in [7, 11) is 0. The molecule has 1 N–H and O–H groups in total. The zero-order valence-electron chi connectivity index (χ0n) is 12.3. The number of benzene rings is 1. The summed E-state index contributed by atoms with van der Waals surface area (Å²) in [6.07, 6.45) is 1.38. The smallest absolute Gasteiger partial charge is 0.262 e. The Labute approximate surface area is 127 Å². The normalized spacial score (nSPS) is 11.3. The van der Waals surface area contributed by atoms with Gasteiger partial charge in [0.15, 0.2) is 0 Å². The number of halogens is 1. The summed E-state index contributed by atoms with van der Waals surface area (Å²) in [6, 6.07) is 11.0. The topological polar surface area (TPSA) is 66.0 Å². The molecule has 0 atom stereocenters. The first-order chi connectivity index (χ1) is 10.5. The molecule has 0 saturated heterocycles. The van der Waals surface area contributed by atoms with Crippen LogP contribution in [0.15, 0.2) is 46.4 Å². The Morgan fingerprint density at radius 3 is 2.55 bits per heavy atom. The first kappa shape index (κ1) is 15.5. The van der Waals surface area contributed by atoms with E-state index in [9.17, 15) is 9.18 Å². The highest BCUT2D eigenvalue weighted by Crippen LogP contribution is 2.23. The molecule has 22 heavy (non-hydrogen) atoms. The molecule has 0 saturated carbocycles. The molecule has 0 fully saturated rings. The second-order valence-electron chi connectivity index (χ2n) is 5.01. The van der Waals surface area contributed by atoms with Crippen molar-refractivity contribution in [2.45, 2.75) is 19.9 Å². The maximum Gasteiger partial charge on any atom is 0.262 e. The van der Waals surface area contributed by atoms with E-state index in [1.807, 2.05) is 19.9 Å². The van der Waals surface area contributed by atoms with Gasteiger partial charge in [0.25, 0.3) is 5.91 Å². The summed E-state index contributed by atoms with van der Waals surface area (Å²) in [5, 5.41) is 11.7. The van der Waals surface area contributed by atoms with Crippen molar-refractivity contribution in [2.75, 3.05) is 0 Å². The summed E-state index contributed by atoms with van der Waals surface area (Å²) in [5.41, 5.74) is 0.680. The highest BCUT2D eigenvalue weighted by Gasteiger charge is 2.11. The zero-order valence-corrected chi connectivity index (χ0v) is 12.3. The molecule has 1 heterocycles. The molecule has 2 aromatic rings. The van der Waals surface area contributed by atoms with E-state index in [0.29, 0.717) is 17.1 Å². The van der Waals surface area contributed by atoms with E-state index < -0.39 is 5.91 Å². The number of nitriles is 1. The number of nitrogens with one attached hydrogen (secondary N) is 1. The SMILES string of the molecule is CC(C)NC(=O)/C(C#N)=C\c1ccc(-c2ccc(F)cc2)o1. The molecule has 0 aliphatic carbocycles. The van der Waals surface area contributed by atoms with Crippen molar-refractivity contribution in [3.05, 3.63) is 53.5 Å². The molecule has 1 aromatic carbocycles. The number of carbonyl (C=O) groups excluding carboxylic acids is 1. The summed E-state index contributed by atoms with van der Waals surface area (Å²) >= 11 is 0. The Hall–Kier alpha value is -2.87. The lowest BCUT2D eigenvalue weighted by atomic mass is 10.2. The molecule has 0 radical (unpaired) electrons. The lowest BCUT2D eigenvalue weighted by Crippen LogP contribution is -2.30. The number of rotatable bonds is 4. The number of amides is 1. The van der Waals surface area contributed by atoms with E-state index in [-0.39, 0.29) is 17.4 Å². The molecule has 0 bridgehead atoms. The zero-order chi connectivity index (χ0) is 16.1. The second kappa shape index (κ2) is 6.72. The summed E-state index contributed by atoms with van der Waals surface area (Å²) in [5.74, 6) is 0.146. The number of nitrogens with zero attached hydrogens (tertiary/aromatic N) is 1. The predicted octanol–water partition coefficient (Wildman–Crippen LogP) is 3.52. The lowest BCUT2D eigenvalue weighted by molar-refractivity contribution is -0.117. The number of furan rings is 1. The Kier molecular flexibility index (Phi) is 4.74. The van der Waals surface area contributed by atoms with Gasteiger partial charge in [0.1, 0.15) is 29.0 Å². The Bertz CT molecular complexity index is 737. The molecule has 1 aromatic heterocycles. The van der Waals surface area contributed by atoms with Gasteiger partial charge in [-0.15, -0.1) is 0 Å². The molecular formula is C17H15FN2O2. The van der Waals surface area contributed by atoms with Gasteiger partial charge in [-0.3, -0.25) is 4.79 Å². The van der Waals surface area contributed by atoms with Crippen LogP contribution in [0.5, 0.6) is 0 Å². The van der Waals surface area contributed by atoms with E-state index in [2.05, 4.69) is 5.32 Å². The molecule has 0 unspecified atom stereocenters. The fourth-order valence-electron chi connectivity index (χ4n) is 1.83. The minimum atomic E-state index is -0.447. The van der Waals surface area contributed by atoms with Crippen LogP contribution in [0, 0.1) is 17.1 Å². The number of hydrogen-bond acceptors (Lipinski definition) is 3. The summed E-state index contributed by atoms with van der Waals surface area (Å²) in [4.78, 5) is 11.8. The average Bonchev–Trinajstić information content (AvgIpc) is 2.93. The van der Waals surface area contributed by atoms with Gasteiger partial charge in [0, 0.05) is 17.7 Å². The van der Waals surface area contributed by atoms with Crippen LogP contribution in [0.25, 0.3) is 17.4 Å². The molecule has 0 aliphatic rings. The van der Waals surface area contributed by atoms with Crippen LogP contribution < -0.4 is 5.32 Å². The maximum absolute atomic E-state index is 12.9. The number of carbonyl (C=O) groups is 1. The van der Waals surface area contributed by atoms with Gasteiger partial charge in [0.05, 0.1) is 0 Å². The van der Waals surface area contributed by atoms with Gasteiger partial charge in [-0.2, -0.15) is 5.26 Å². The van der Waals surface area contributed by atoms with Crippen molar-refractivity contribution < 1.29 is 13.6 Å². The van der Waals surface area contributed by atoms with E-state index in [1.54, 1.807) is 24.3 Å². The van der Waals surface area contributed by atoms with Gasteiger partial charge in [0.2, 0.25) is 0 Å². The highest BCUT2D eigenvalue weighted by atomic mass is 19.1. The maximum atomic E-state index is 12.9. The number of hydrogen-bond donors (Lipinski definition) is 1. The van der Waals surface area contributed by atoms with E-state index in [4.69, 9.17) is 9.68 Å². The third-order valence-corrected chi connectivity index (χ3v) is 2.83. The largest absolute Gasteiger partial charge is 0.457 e. The molecular weight excluding hydrogens is 283 g/mol. The van der Waals surface area contributed by atoms with Gasteiger partial charge in [-0.1, -0.05) is 0 Å². The first-order valence-electron chi connectivity index (χ1n) is 6.78. The van der Waals surface area contributed by atoms with Crippen LogP contribution >= 0.6 is 0 Å². The van der Waals surface area contributed by atoms with Gasteiger partial charge >= 0.3 is 0 Å². The third kappa shape index (κ3) is 3.83. The van der Waals surface area contributed by atoms with E-state index in [1.165, 1.54) is 18.2 Å². The van der Waals surface area contributed by atoms with Crippen molar-refractivity contribution in [3.63, 3.8) is 0 Å². The van der Waals surface area contributed by atoms with Crippen LogP contribution in [0.3, 0.4) is 0 Å². The van der Waals surface area contributed by atoms with Crippen LogP contribution in [-0.2, 0) is 4.79 Å². The molecule has 0 spiro atoms. The van der Waals surface area contributed by atoms with Crippen molar-refractivity contribution >= 4 is 12.0 Å². The highest BCUT2D eigenvalue weighted by molar-refractivity contribution is 6.01. The van der Waals surface area contributed by atoms with Crippen LogP contribution in [-0.4, -0.2) is 11.9 Å². The fourth-order valence-corrected chi connectivity index (χ4v) is 1.83. The third-order valence-electron chi connectivity index (χ3n) is 2.83. The van der Waals surface area contributed by atoms with Crippen LogP contribution in [0.4, 0.5) is 4.39 Å². The Balaban J connectivity index is 2.23. The monoisotopic (exact) mass is 298 g/mol. The van der Waals surface area contributed by atoms with Crippen molar-refractivity contribution in [3.8, 4) is 17.4 Å². The average molecular weight is 298 g/mol. The summed E-state index contributed by atoms with van der Waals surface area (Å²) in [6.45, 7) is 3.62. The Morgan fingerprint density at radius 1 is 1.27 bits per heavy atom. The van der Waals surface area contributed by atoms with Gasteiger partial charge in [-0.05, 0) is 50.2 Å². The van der Waals surface area contributed by atoms with Crippen molar-refractivity contribution in [1.29, 1.82) is 5.26 Å². The standard InChI is InChI=1S/C17H15FN2O2/c1-11(2)20-17(21)13(10-19)9-15-7-8-16(22-15)12-3-5-14(18)6-4-12/h3-9,11H,1-2H3,(H,20,21)/b13-9-. The summed E-state index contributed by atoms with van der Waals surface area (Å²) < 4.78 is 18.5. The van der Waals surface area contributed by atoms with Gasteiger partial charge < -0.3 is 9.73 Å². The minimum Gasteiger partial charge on any atom is -0.457 e. The van der Waals surface area contributed by atoms with Crippen LogP contribution in [0.1, 0.15) is 19.6 Å². The lowest BCUT2D eigenvalue weighted by Gasteiger charge is -2.06. The second-order valence-corrected chi connectivity index (χ2v) is 5.01. The van der Waals surface area contributed by atoms with E-state index >= 15 is 0 Å². The Morgan fingerprint density at radius 2 is 1.95 bits per heavy atom. The minimum absolute atomic E-state index is 0.0336.